The number of phenols is 2. The normalized spacial score (nSPS) is 46.6. The first-order chi connectivity index (χ1) is 20.8. The molecule has 0 amide bonds. The van der Waals surface area contributed by atoms with E-state index >= 15 is 0 Å². The summed E-state index contributed by atoms with van der Waals surface area (Å²) in [6.45, 7) is 16.9. The molecule has 6 saturated carbocycles. The highest BCUT2D eigenvalue weighted by Crippen LogP contribution is 2.91. The predicted molar refractivity (Wildman–Crippen MR) is 173 cm³/mol. The quantitative estimate of drug-likeness (QED) is 0.137. The Morgan fingerprint density at radius 3 is 2.43 bits per heavy atom. The van der Waals surface area contributed by atoms with Gasteiger partial charge in [-0.25, -0.2) is 4.79 Å². The van der Waals surface area contributed by atoms with Gasteiger partial charge in [-0.15, -0.1) is 0 Å². The standard InChI is InChI=1S/C39H54O5/c1-23(2)26-13-17-37(22-40)19-20-38-24(3)39(38)18-14-30-35(4,5)32(15-16-36(30,6)31(39)11-9-27(38)34(26)37)44-33(43)12-8-25-7-10-28(41)29(42)21-25/h7-8,10,12,21,24,26-27,30-32,34,40-42H,1,9,11,13-20,22H2,2-6H3/b12-8+/t24-,26?,27?,30?,31?,32?,34?,36+,37?,38-,39+/m1/s1. The fourth-order valence-electron chi connectivity index (χ4n) is 14.0. The monoisotopic (exact) mass is 602 g/mol. The third-order valence-corrected chi connectivity index (χ3v) is 15.7. The van der Waals surface area contributed by atoms with Crippen LogP contribution < -0.4 is 0 Å². The van der Waals surface area contributed by atoms with E-state index in [1.54, 1.807) is 12.1 Å². The van der Waals surface area contributed by atoms with Gasteiger partial charge in [0, 0.05) is 18.1 Å². The fraction of sp³-hybridized carbons (Fsp3) is 0.718. The first-order valence-corrected chi connectivity index (χ1v) is 17.5. The Balaban J connectivity index is 1.12. The van der Waals surface area contributed by atoms with E-state index < -0.39 is 0 Å². The zero-order valence-electron chi connectivity index (χ0n) is 27.6. The van der Waals surface area contributed by atoms with E-state index in [2.05, 4.69) is 41.2 Å². The van der Waals surface area contributed by atoms with Crippen LogP contribution in [0.5, 0.6) is 11.5 Å². The van der Waals surface area contributed by atoms with Crippen LogP contribution in [0, 0.1) is 62.6 Å². The van der Waals surface area contributed by atoms with Crippen LogP contribution in [0.3, 0.4) is 0 Å². The molecule has 5 heteroatoms. The van der Waals surface area contributed by atoms with Crippen molar-refractivity contribution in [2.75, 3.05) is 6.61 Å². The summed E-state index contributed by atoms with van der Waals surface area (Å²) in [4.78, 5) is 13.0. The number of carbonyl (C=O) groups is 1. The van der Waals surface area contributed by atoms with Crippen molar-refractivity contribution in [2.45, 2.75) is 105 Å². The number of allylic oxidation sites excluding steroid dienone is 1. The Kier molecular flexibility index (Phi) is 6.81. The highest BCUT2D eigenvalue weighted by Gasteiger charge is 2.85. The second-order valence-corrected chi connectivity index (χ2v) is 17.0. The average molecular weight is 603 g/mol. The van der Waals surface area contributed by atoms with Crippen LogP contribution in [-0.4, -0.2) is 34.0 Å². The molecule has 1 aromatic rings. The molecule has 0 heterocycles. The lowest BCUT2D eigenvalue weighted by molar-refractivity contribution is -0.198. The van der Waals surface area contributed by atoms with Gasteiger partial charge in [0.2, 0.25) is 0 Å². The minimum absolute atomic E-state index is 0.109. The maximum atomic E-state index is 13.0. The molecule has 240 valence electrons. The molecule has 2 spiro atoms. The number of phenolic OH excluding ortho intramolecular Hbond substituents is 2. The van der Waals surface area contributed by atoms with Gasteiger partial charge in [-0.1, -0.05) is 45.9 Å². The Bertz CT molecular complexity index is 1390. The Hall–Kier alpha value is -2.27. The lowest BCUT2D eigenvalue weighted by Gasteiger charge is -2.65. The SMILES string of the molecule is C=C(C)C1CCC2(CO)CC[C@@]34C(CCC5[C@@]6(C)CCC(OC(=O)/C=C/c7ccc(O)c(O)c7)C(C)(C)C6CC[C@]53[C@@H]4C)C12. The number of benzene rings is 1. The molecule has 0 aromatic heterocycles. The van der Waals surface area contributed by atoms with Gasteiger partial charge in [-0.05, 0) is 152 Å². The fourth-order valence-corrected chi connectivity index (χ4v) is 14.0. The number of aromatic hydroxyl groups is 2. The van der Waals surface area contributed by atoms with Crippen molar-refractivity contribution in [1.29, 1.82) is 0 Å². The highest BCUT2D eigenvalue weighted by molar-refractivity contribution is 5.87. The summed E-state index contributed by atoms with van der Waals surface area (Å²) in [6.07, 6.45) is 14.9. The number of hydrogen-bond acceptors (Lipinski definition) is 5. The zero-order chi connectivity index (χ0) is 31.4. The summed E-state index contributed by atoms with van der Waals surface area (Å²) in [5.74, 6) is 3.11. The number of hydrogen-bond donors (Lipinski definition) is 3. The molecule has 3 N–H and O–H groups in total. The van der Waals surface area contributed by atoms with Crippen molar-refractivity contribution in [3.63, 3.8) is 0 Å². The first kappa shape index (κ1) is 30.4. The van der Waals surface area contributed by atoms with E-state index in [0.717, 1.165) is 18.8 Å². The Labute approximate surface area is 264 Å². The second-order valence-electron chi connectivity index (χ2n) is 17.0. The van der Waals surface area contributed by atoms with Gasteiger partial charge in [0.15, 0.2) is 11.5 Å². The lowest BCUT2D eigenvalue weighted by atomic mass is 9.40. The minimum Gasteiger partial charge on any atom is -0.504 e. The van der Waals surface area contributed by atoms with Crippen molar-refractivity contribution >= 4 is 12.0 Å². The van der Waals surface area contributed by atoms with Gasteiger partial charge in [-0.2, -0.15) is 0 Å². The van der Waals surface area contributed by atoms with E-state index in [1.807, 2.05) is 0 Å². The maximum absolute atomic E-state index is 13.0. The molecule has 0 aliphatic heterocycles. The summed E-state index contributed by atoms with van der Waals surface area (Å²) >= 11 is 0. The molecule has 44 heavy (non-hydrogen) atoms. The molecule has 6 aliphatic carbocycles. The third-order valence-electron chi connectivity index (χ3n) is 15.7. The molecule has 6 fully saturated rings. The molecule has 6 aliphatic rings. The van der Waals surface area contributed by atoms with E-state index in [9.17, 15) is 20.1 Å². The Morgan fingerprint density at radius 2 is 1.73 bits per heavy atom. The van der Waals surface area contributed by atoms with Crippen molar-refractivity contribution in [3.05, 3.63) is 42.0 Å². The molecule has 7 rings (SSSR count). The lowest BCUT2D eigenvalue weighted by Crippen LogP contribution is -2.60. The maximum Gasteiger partial charge on any atom is 0.331 e. The van der Waals surface area contributed by atoms with Crippen LogP contribution in [0.2, 0.25) is 0 Å². The molecular weight excluding hydrogens is 548 g/mol. The Morgan fingerprint density at radius 1 is 0.955 bits per heavy atom. The van der Waals surface area contributed by atoms with Crippen molar-refractivity contribution in [3.8, 4) is 11.5 Å². The van der Waals surface area contributed by atoms with E-state index in [0.29, 0.717) is 52.6 Å². The molecular formula is C39H54O5. The largest absolute Gasteiger partial charge is 0.504 e. The van der Waals surface area contributed by atoms with E-state index in [-0.39, 0.29) is 39.8 Å². The van der Waals surface area contributed by atoms with Crippen LogP contribution in [0.25, 0.3) is 6.08 Å². The molecule has 0 radical (unpaired) electrons. The number of rotatable bonds is 5. The van der Waals surface area contributed by atoms with Crippen LogP contribution in [0.15, 0.2) is 36.4 Å². The van der Waals surface area contributed by atoms with Crippen molar-refractivity contribution < 1.29 is 24.9 Å². The summed E-state index contributed by atoms with van der Waals surface area (Å²) in [6, 6.07) is 4.52. The third kappa shape index (κ3) is 3.77. The minimum atomic E-state index is -0.347. The predicted octanol–water partition coefficient (Wildman–Crippen LogP) is 8.28. The second kappa shape index (κ2) is 9.86. The van der Waals surface area contributed by atoms with Crippen molar-refractivity contribution in [1.82, 2.24) is 0 Å². The first-order valence-electron chi connectivity index (χ1n) is 17.5. The van der Waals surface area contributed by atoms with Crippen LogP contribution in [-0.2, 0) is 9.53 Å². The van der Waals surface area contributed by atoms with E-state index in [4.69, 9.17) is 4.74 Å². The number of aliphatic hydroxyl groups excluding tert-OH is 1. The van der Waals surface area contributed by atoms with Gasteiger partial charge >= 0.3 is 5.97 Å². The number of fused-ring (bicyclic) bond motifs is 4. The van der Waals surface area contributed by atoms with Gasteiger partial charge < -0.3 is 20.1 Å². The molecule has 1 aromatic carbocycles. The molecule has 11 atom stereocenters. The van der Waals surface area contributed by atoms with Gasteiger partial charge in [-0.3, -0.25) is 0 Å². The zero-order valence-corrected chi connectivity index (χ0v) is 27.6. The van der Waals surface area contributed by atoms with E-state index in [1.165, 1.54) is 75.1 Å². The number of aliphatic hydroxyl groups is 1. The summed E-state index contributed by atoms with van der Waals surface area (Å²) < 4.78 is 6.19. The molecule has 0 bridgehead atoms. The smallest absolute Gasteiger partial charge is 0.331 e. The number of carbonyl (C=O) groups excluding carboxylic acids is 1. The van der Waals surface area contributed by atoms with Gasteiger partial charge in [0.1, 0.15) is 6.10 Å². The van der Waals surface area contributed by atoms with Crippen molar-refractivity contribution in [2.24, 2.45) is 62.6 Å². The summed E-state index contributed by atoms with van der Waals surface area (Å²) in [5, 5.41) is 30.2. The average Bonchev–Trinajstić information content (AvgIpc) is 3.28. The molecule has 7 unspecified atom stereocenters. The van der Waals surface area contributed by atoms with Crippen LogP contribution in [0.1, 0.15) is 104 Å². The summed E-state index contributed by atoms with van der Waals surface area (Å²) in [7, 11) is 0. The topological polar surface area (TPSA) is 87.0 Å². The molecule has 5 nitrogen and oxygen atoms in total. The number of esters is 1. The number of ether oxygens (including phenoxy) is 1. The van der Waals surface area contributed by atoms with Gasteiger partial charge in [0.25, 0.3) is 0 Å². The summed E-state index contributed by atoms with van der Waals surface area (Å²) in [5.41, 5.74) is 3.05. The van der Waals surface area contributed by atoms with Gasteiger partial charge in [0.05, 0.1) is 0 Å². The highest BCUT2D eigenvalue weighted by atomic mass is 16.5. The molecule has 0 saturated heterocycles. The van der Waals surface area contributed by atoms with Crippen LogP contribution >= 0.6 is 0 Å². The van der Waals surface area contributed by atoms with Crippen LogP contribution in [0.4, 0.5) is 0 Å².